The summed E-state index contributed by atoms with van der Waals surface area (Å²) < 4.78 is 34.2. The summed E-state index contributed by atoms with van der Waals surface area (Å²) in [7, 11) is -9.01. The van der Waals surface area contributed by atoms with Crippen LogP contribution in [0.4, 0.5) is 0 Å². The molecule has 0 atom stereocenters. The molecule has 40 heavy (non-hydrogen) atoms. The molecule has 0 radical (unpaired) electrons. The predicted octanol–water partition coefficient (Wildman–Crippen LogP) is 9.01. The van der Waals surface area contributed by atoms with E-state index in [9.17, 15) is 28.4 Å². The molecule has 0 heterocycles. The maximum atomic E-state index is 11.4. The summed E-state index contributed by atoms with van der Waals surface area (Å²) >= 11 is 0. The van der Waals surface area contributed by atoms with Crippen molar-refractivity contribution in [1.29, 1.82) is 0 Å². The maximum Gasteiger partial charge on any atom is 3.00 e. The van der Waals surface area contributed by atoms with Crippen molar-refractivity contribution in [2.45, 2.75) is 157 Å². The van der Waals surface area contributed by atoms with Gasteiger partial charge in [-0.3, -0.25) is 0 Å². The topological polar surface area (TPSA) is 120 Å². The van der Waals surface area contributed by atoms with Crippen LogP contribution >= 0.6 is 22.1 Å². The van der Waals surface area contributed by atoms with E-state index in [1.165, 1.54) is 0 Å². The molecule has 0 spiro atoms. The summed E-state index contributed by atoms with van der Waals surface area (Å²) in [6, 6.07) is 0. The van der Waals surface area contributed by atoms with Gasteiger partial charge in [-0.2, -0.15) is 0 Å². The molecule has 0 aromatic rings. The Balaban J connectivity index is -0.000000240. The van der Waals surface area contributed by atoms with Gasteiger partial charge in [-0.05, 0) is 75.5 Å². The van der Waals surface area contributed by atoms with Crippen LogP contribution in [0.5, 0.6) is 0 Å². The van der Waals surface area contributed by atoms with Crippen molar-refractivity contribution in [3.63, 3.8) is 0 Å². The minimum absolute atomic E-state index is 0. The SMILES string of the molecule is CCCCCP(=O)([O-])CCCCC.CCCCCP(=O)([O-])CCCCC.CCCCCP(=O)([O-])CCCCC.[Co+3]. The third-order valence-corrected chi connectivity index (χ3v) is 12.6. The van der Waals surface area contributed by atoms with Gasteiger partial charge in [0.05, 0.1) is 0 Å². The number of hydrogen-bond acceptors (Lipinski definition) is 6. The van der Waals surface area contributed by atoms with Gasteiger partial charge in [-0.25, -0.2) is 0 Å². The summed E-state index contributed by atoms with van der Waals surface area (Å²) in [4.78, 5) is 34.2. The van der Waals surface area contributed by atoms with Crippen molar-refractivity contribution >= 4 is 22.1 Å². The Kier molecular flexibility index (Phi) is 39.6. The Hall–Kier alpha value is 1.08. The molecule has 0 rings (SSSR count). The van der Waals surface area contributed by atoms with Gasteiger partial charge < -0.3 is 28.4 Å². The summed E-state index contributed by atoms with van der Waals surface area (Å²) in [6.07, 6.45) is 20.4. The fourth-order valence-corrected chi connectivity index (χ4v) is 8.85. The van der Waals surface area contributed by atoms with Gasteiger partial charge in [0.2, 0.25) is 0 Å². The Bertz CT molecular complexity index is 521. The summed E-state index contributed by atoms with van der Waals surface area (Å²) in [5.74, 6) is 0. The molecule has 0 unspecified atom stereocenters. The van der Waals surface area contributed by atoms with E-state index in [1.54, 1.807) is 0 Å². The zero-order valence-electron chi connectivity index (χ0n) is 27.1. The second-order valence-corrected chi connectivity index (χ2v) is 18.6. The van der Waals surface area contributed by atoms with E-state index in [4.69, 9.17) is 0 Å². The quantitative estimate of drug-likeness (QED) is 0.0744. The average Bonchev–Trinajstić information content (AvgIpc) is 2.85. The molecule has 0 fully saturated rings. The third kappa shape index (κ3) is 41.2. The molecule has 0 aromatic carbocycles. The van der Waals surface area contributed by atoms with Crippen LogP contribution in [0, 0.1) is 0 Å². The fourth-order valence-electron chi connectivity index (χ4n) is 3.95. The Labute approximate surface area is 260 Å². The molecule has 0 amide bonds. The molecule has 0 aliphatic carbocycles. The first-order valence-corrected chi connectivity index (χ1v) is 22.2. The van der Waals surface area contributed by atoms with E-state index >= 15 is 0 Å². The second kappa shape index (κ2) is 33.0. The smallest absolute Gasteiger partial charge is 0.799 e. The van der Waals surface area contributed by atoms with Crippen molar-refractivity contribution in [3.8, 4) is 0 Å². The van der Waals surface area contributed by atoms with Crippen LogP contribution < -0.4 is 14.7 Å². The first kappa shape index (κ1) is 48.0. The van der Waals surface area contributed by atoms with Gasteiger partial charge in [0.15, 0.2) is 0 Å². The van der Waals surface area contributed by atoms with Crippen LogP contribution in [0.15, 0.2) is 0 Å². The number of unbranched alkanes of at least 4 members (excludes halogenated alkanes) is 12. The molecule has 0 bridgehead atoms. The first-order chi connectivity index (χ1) is 18.4. The maximum absolute atomic E-state index is 11.4. The minimum atomic E-state index is -3.00. The third-order valence-electron chi connectivity index (χ3n) is 6.61. The molecular weight excluding hydrogens is 608 g/mol. The predicted molar refractivity (Wildman–Crippen MR) is 169 cm³/mol. The monoisotopic (exact) mass is 674 g/mol. The molecule has 0 aliphatic rings. The molecule has 0 aromatic heterocycles. The summed E-state index contributed by atoms with van der Waals surface area (Å²) in [6.45, 7) is 12.5. The van der Waals surface area contributed by atoms with Crippen LogP contribution in [0.1, 0.15) is 157 Å². The molecule has 0 aliphatic heterocycles. The van der Waals surface area contributed by atoms with Gasteiger partial charge in [0.25, 0.3) is 0 Å². The van der Waals surface area contributed by atoms with E-state index in [-0.39, 0.29) is 16.8 Å². The van der Waals surface area contributed by atoms with E-state index in [0.29, 0.717) is 37.0 Å². The largest absolute Gasteiger partial charge is 3.00 e. The molecule has 10 heteroatoms. The molecule has 0 saturated heterocycles. The number of rotatable bonds is 24. The minimum Gasteiger partial charge on any atom is -0.799 e. The molecule has 6 nitrogen and oxygen atoms in total. The van der Waals surface area contributed by atoms with Crippen molar-refractivity contribution in [2.75, 3.05) is 37.0 Å². The van der Waals surface area contributed by atoms with Crippen molar-refractivity contribution in [2.24, 2.45) is 0 Å². The van der Waals surface area contributed by atoms with Gasteiger partial charge >= 0.3 is 16.8 Å². The van der Waals surface area contributed by atoms with Gasteiger partial charge in [-0.15, -0.1) is 0 Å². The van der Waals surface area contributed by atoms with Gasteiger partial charge in [-0.1, -0.05) is 119 Å². The van der Waals surface area contributed by atoms with Gasteiger partial charge in [0.1, 0.15) is 0 Å². The van der Waals surface area contributed by atoms with Crippen LogP contribution in [-0.2, 0) is 30.5 Å². The zero-order chi connectivity index (χ0) is 30.5. The van der Waals surface area contributed by atoms with E-state index < -0.39 is 22.1 Å². The Morgan fingerprint density at radius 3 is 0.550 bits per heavy atom. The van der Waals surface area contributed by atoms with E-state index in [2.05, 4.69) is 41.5 Å². The van der Waals surface area contributed by atoms with E-state index in [1.807, 2.05) is 0 Å². The molecular formula is C30H66CoO6P3. The van der Waals surface area contributed by atoms with E-state index in [0.717, 1.165) is 116 Å². The van der Waals surface area contributed by atoms with Crippen LogP contribution in [-0.4, -0.2) is 37.0 Å². The Morgan fingerprint density at radius 1 is 0.325 bits per heavy atom. The van der Waals surface area contributed by atoms with Crippen LogP contribution in [0.25, 0.3) is 0 Å². The van der Waals surface area contributed by atoms with Crippen molar-refractivity contribution < 1.29 is 45.2 Å². The molecule has 246 valence electrons. The Morgan fingerprint density at radius 2 is 0.450 bits per heavy atom. The fraction of sp³-hybridized carbons (Fsp3) is 1.00. The van der Waals surface area contributed by atoms with Crippen LogP contribution in [0.3, 0.4) is 0 Å². The summed E-state index contributed by atoms with van der Waals surface area (Å²) in [5, 5.41) is 0. The van der Waals surface area contributed by atoms with Crippen molar-refractivity contribution in [1.82, 2.24) is 0 Å². The normalized spacial score (nSPS) is 11.6. The molecule has 0 saturated carbocycles. The second-order valence-electron chi connectivity index (χ2n) is 11.0. The summed E-state index contributed by atoms with van der Waals surface area (Å²) in [5.41, 5.74) is 0. The van der Waals surface area contributed by atoms with Gasteiger partial charge in [0, 0.05) is 22.1 Å². The number of hydrogen-bond donors (Lipinski definition) is 0. The zero-order valence-corrected chi connectivity index (χ0v) is 30.8. The first-order valence-electron chi connectivity index (χ1n) is 16.2. The van der Waals surface area contributed by atoms with Crippen molar-refractivity contribution in [3.05, 3.63) is 0 Å². The average molecular weight is 675 g/mol. The molecule has 0 N–H and O–H groups in total. The van der Waals surface area contributed by atoms with Crippen LogP contribution in [0.2, 0.25) is 0 Å². The standard InChI is InChI=1S/3C10H23O2P.Co/c3*1-3-5-7-9-13(11,12)10-8-6-4-2;/h3*3-10H2,1-2H3,(H,11,12);/q;;;+3/p-3.